The Morgan fingerprint density at radius 3 is 2.47 bits per heavy atom. The van der Waals surface area contributed by atoms with Gasteiger partial charge in [-0.25, -0.2) is 4.98 Å². The molecule has 0 unspecified atom stereocenters. The molecule has 7 nitrogen and oxygen atoms in total. The lowest BCUT2D eigenvalue weighted by molar-refractivity contribution is -0.133. The minimum atomic E-state index is 0.144. The average molecular weight is 459 g/mol. The molecule has 34 heavy (non-hydrogen) atoms. The van der Waals surface area contributed by atoms with E-state index in [9.17, 15) is 9.59 Å². The van der Waals surface area contributed by atoms with E-state index in [1.54, 1.807) is 6.20 Å². The van der Waals surface area contributed by atoms with Crippen molar-refractivity contribution in [3.63, 3.8) is 0 Å². The Kier molecular flexibility index (Phi) is 6.72. The topological polar surface area (TPSA) is 69.9 Å². The van der Waals surface area contributed by atoms with Crippen LogP contribution in [-0.4, -0.2) is 65.9 Å². The first-order valence-electron chi connectivity index (χ1n) is 12.1. The van der Waals surface area contributed by atoms with Crippen molar-refractivity contribution in [2.45, 2.75) is 25.7 Å². The van der Waals surface area contributed by atoms with Gasteiger partial charge in [-0.05, 0) is 24.5 Å². The number of rotatable bonds is 7. The minimum Gasteiger partial charge on any atom is -0.441 e. The summed E-state index contributed by atoms with van der Waals surface area (Å²) in [4.78, 5) is 35.8. The van der Waals surface area contributed by atoms with Crippen LogP contribution in [0.5, 0.6) is 0 Å². The van der Waals surface area contributed by atoms with Gasteiger partial charge < -0.3 is 14.2 Å². The SMILES string of the molecule is O=C(CCCc1ncc(-c2ccccc2)o1)N1CCN(CC(=O)N2CCc3ccccc32)CC1. The zero-order chi connectivity index (χ0) is 23.3. The molecule has 7 heteroatoms. The van der Waals surface area contributed by atoms with Crippen molar-refractivity contribution in [2.75, 3.05) is 44.2 Å². The summed E-state index contributed by atoms with van der Waals surface area (Å²) in [5, 5.41) is 0. The van der Waals surface area contributed by atoms with E-state index in [1.165, 1.54) is 5.56 Å². The molecular formula is C27H30N4O3. The molecule has 1 fully saturated rings. The molecule has 0 atom stereocenters. The first-order valence-corrected chi connectivity index (χ1v) is 12.1. The number of carbonyl (C=O) groups is 2. The molecule has 0 N–H and O–H groups in total. The van der Waals surface area contributed by atoms with Gasteiger partial charge in [-0.3, -0.25) is 14.5 Å². The van der Waals surface area contributed by atoms with E-state index in [4.69, 9.17) is 4.42 Å². The van der Waals surface area contributed by atoms with E-state index in [1.807, 2.05) is 58.3 Å². The van der Waals surface area contributed by atoms with Gasteiger partial charge in [-0.2, -0.15) is 0 Å². The second kappa shape index (κ2) is 10.2. The lowest BCUT2D eigenvalue weighted by atomic mass is 10.2. The number of benzene rings is 2. The molecular weight excluding hydrogens is 428 g/mol. The third kappa shape index (κ3) is 5.04. The number of anilines is 1. The number of fused-ring (bicyclic) bond motifs is 1. The van der Waals surface area contributed by atoms with Crippen molar-refractivity contribution in [1.82, 2.24) is 14.8 Å². The van der Waals surface area contributed by atoms with Gasteiger partial charge in [0, 0.05) is 56.8 Å². The Morgan fingerprint density at radius 1 is 0.882 bits per heavy atom. The van der Waals surface area contributed by atoms with Gasteiger partial charge >= 0.3 is 0 Å². The summed E-state index contributed by atoms with van der Waals surface area (Å²) in [7, 11) is 0. The van der Waals surface area contributed by atoms with E-state index < -0.39 is 0 Å². The molecule has 5 rings (SSSR count). The van der Waals surface area contributed by atoms with Crippen molar-refractivity contribution in [2.24, 2.45) is 0 Å². The third-order valence-electron chi connectivity index (χ3n) is 6.67. The van der Waals surface area contributed by atoms with Crippen molar-refractivity contribution in [3.8, 4) is 11.3 Å². The van der Waals surface area contributed by atoms with Gasteiger partial charge in [0.1, 0.15) is 0 Å². The summed E-state index contributed by atoms with van der Waals surface area (Å²) >= 11 is 0. The number of oxazole rings is 1. The minimum absolute atomic E-state index is 0.144. The van der Waals surface area contributed by atoms with E-state index >= 15 is 0 Å². The van der Waals surface area contributed by atoms with Gasteiger partial charge in [0.05, 0.1) is 12.7 Å². The molecule has 3 heterocycles. The summed E-state index contributed by atoms with van der Waals surface area (Å²) in [6.45, 7) is 3.96. The Morgan fingerprint density at radius 2 is 1.65 bits per heavy atom. The number of hydrogen-bond donors (Lipinski definition) is 0. The lowest BCUT2D eigenvalue weighted by Gasteiger charge is -2.35. The van der Waals surface area contributed by atoms with Crippen LogP contribution in [0.4, 0.5) is 5.69 Å². The Balaban J connectivity index is 1.04. The molecule has 176 valence electrons. The molecule has 2 aliphatic rings. The number of hydrogen-bond acceptors (Lipinski definition) is 5. The van der Waals surface area contributed by atoms with Crippen LogP contribution in [0.1, 0.15) is 24.3 Å². The van der Waals surface area contributed by atoms with E-state index in [2.05, 4.69) is 16.0 Å². The molecule has 0 radical (unpaired) electrons. The third-order valence-corrected chi connectivity index (χ3v) is 6.67. The lowest BCUT2D eigenvalue weighted by Crippen LogP contribution is -2.51. The van der Waals surface area contributed by atoms with Crippen LogP contribution in [0.25, 0.3) is 11.3 Å². The van der Waals surface area contributed by atoms with Gasteiger partial charge in [0.15, 0.2) is 11.7 Å². The molecule has 2 aromatic carbocycles. The highest BCUT2D eigenvalue weighted by Crippen LogP contribution is 2.27. The van der Waals surface area contributed by atoms with Crippen LogP contribution in [0, 0.1) is 0 Å². The van der Waals surface area contributed by atoms with Crippen LogP contribution in [0.15, 0.2) is 65.2 Å². The number of para-hydroxylation sites is 1. The van der Waals surface area contributed by atoms with Crippen LogP contribution in [-0.2, 0) is 22.4 Å². The Labute approximate surface area is 200 Å². The van der Waals surface area contributed by atoms with Crippen LogP contribution in [0.2, 0.25) is 0 Å². The number of nitrogens with zero attached hydrogens (tertiary/aromatic N) is 4. The fraction of sp³-hybridized carbons (Fsp3) is 0.370. The maximum absolute atomic E-state index is 12.8. The molecule has 3 aromatic rings. The molecule has 1 saturated heterocycles. The van der Waals surface area contributed by atoms with Crippen molar-refractivity contribution in [3.05, 3.63) is 72.2 Å². The fourth-order valence-electron chi connectivity index (χ4n) is 4.74. The second-order valence-corrected chi connectivity index (χ2v) is 8.92. The molecule has 0 saturated carbocycles. The van der Waals surface area contributed by atoms with Crippen LogP contribution >= 0.6 is 0 Å². The molecule has 0 bridgehead atoms. The predicted octanol–water partition coefficient (Wildman–Crippen LogP) is 3.40. The second-order valence-electron chi connectivity index (χ2n) is 8.92. The monoisotopic (exact) mass is 458 g/mol. The predicted molar refractivity (Wildman–Crippen MR) is 130 cm³/mol. The smallest absolute Gasteiger partial charge is 0.241 e. The first-order chi connectivity index (χ1) is 16.7. The standard InChI is InChI=1S/C27H30N4O3/c32-26(12-6-11-25-28-19-24(34-25)22-8-2-1-3-9-22)30-17-15-29(16-18-30)20-27(33)31-14-13-21-7-4-5-10-23(21)31/h1-5,7-10,19H,6,11-18,20H2. The Hall–Kier alpha value is -3.45. The van der Waals surface area contributed by atoms with Gasteiger partial charge in [0.2, 0.25) is 11.8 Å². The highest BCUT2D eigenvalue weighted by Gasteiger charge is 2.27. The number of carbonyl (C=O) groups excluding carboxylic acids is 2. The Bertz CT molecular complexity index is 1140. The van der Waals surface area contributed by atoms with Gasteiger partial charge in [-0.1, -0.05) is 48.5 Å². The number of aryl methyl sites for hydroxylation is 1. The van der Waals surface area contributed by atoms with E-state index in [-0.39, 0.29) is 11.8 Å². The normalized spacial score (nSPS) is 16.0. The van der Waals surface area contributed by atoms with Gasteiger partial charge in [0.25, 0.3) is 0 Å². The maximum Gasteiger partial charge on any atom is 0.241 e. The summed E-state index contributed by atoms with van der Waals surface area (Å²) in [6.07, 6.45) is 4.50. The van der Waals surface area contributed by atoms with Crippen molar-refractivity contribution in [1.29, 1.82) is 0 Å². The number of piperazine rings is 1. The summed E-state index contributed by atoms with van der Waals surface area (Å²) in [5.41, 5.74) is 3.29. The molecule has 2 amide bonds. The molecule has 0 aliphatic carbocycles. The van der Waals surface area contributed by atoms with Crippen LogP contribution in [0.3, 0.4) is 0 Å². The zero-order valence-corrected chi connectivity index (χ0v) is 19.4. The zero-order valence-electron chi connectivity index (χ0n) is 19.4. The van der Waals surface area contributed by atoms with Gasteiger partial charge in [-0.15, -0.1) is 0 Å². The maximum atomic E-state index is 12.8. The fourth-order valence-corrected chi connectivity index (χ4v) is 4.74. The molecule has 2 aliphatic heterocycles. The first kappa shape index (κ1) is 22.3. The van der Waals surface area contributed by atoms with Crippen LogP contribution < -0.4 is 4.90 Å². The molecule has 1 aromatic heterocycles. The number of aromatic nitrogens is 1. The summed E-state index contributed by atoms with van der Waals surface area (Å²) in [5.74, 6) is 1.73. The quantitative estimate of drug-likeness (QED) is 0.543. The average Bonchev–Trinajstić information content (AvgIpc) is 3.52. The van der Waals surface area contributed by atoms with Crippen molar-refractivity contribution < 1.29 is 14.0 Å². The van der Waals surface area contributed by atoms with E-state index in [0.717, 1.165) is 43.1 Å². The summed E-state index contributed by atoms with van der Waals surface area (Å²) in [6, 6.07) is 18.0. The largest absolute Gasteiger partial charge is 0.441 e. The number of amides is 2. The summed E-state index contributed by atoms with van der Waals surface area (Å²) < 4.78 is 5.83. The highest BCUT2D eigenvalue weighted by molar-refractivity contribution is 5.96. The van der Waals surface area contributed by atoms with Crippen molar-refractivity contribution >= 4 is 17.5 Å². The molecule has 0 spiro atoms. The van der Waals surface area contributed by atoms with E-state index in [0.29, 0.717) is 44.8 Å². The highest BCUT2D eigenvalue weighted by atomic mass is 16.4.